The highest BCUT2D eigenvalue weighted by Gasteiger charge is 2.26. The van der Waals surface area contributed by atoms with Crippen LogP contribution in [0.5, 0.6) is 0 Å². The highest BCUT2D eigenvalue weighted by atomic mass is 19.1. The Morgan fingerprint density at radius 1 is 0.857 bits per heavy atom. The summed E-state index contributed by atoms with van der Waals surface area (Å²) in [6.07, 6.45) is 8.70. The lowest BCUT2D eigenvalue weighted by Crippen LogP contribution is -2.32. The topological polar surface area (TPSA) is 38.0 Å². The third-order valence-electron chi connectivity index (χ3n) is 7.81. The number of anilines is 1. The van der Waals surface area contributed by atoms with Crippen molar-refractivity contribution in [3.05, 3.63) is 89.2 Å². The predicted octanol–water partition coefficient (Wildman–Crippen LogP) is 8.11. The Kier molecular flexibility index (Phi) is 8.98. The summed E-state index contributed by atoms with van der Waals surface area (Å²) < 4.78 is 15.1. The molecule has 0 saturated heterocycles. The van der Waals surface area contributed by atoms with E-state index >= 15 is 4.39 Å². The lowest BCUT2D eigenvalue weighted by atomic mass is 9.75. The van der Waals surface area contributed by atoms with Crippen LogP contribution < -0.4 is 11.1 Å². The molecule has 3 aromatic carbocycles. The van der Waals surface area contributed by atoms with Crippen molar-refractivity contribution in [2.24, 2.45) is 11.7 Å². The number of hydrogen-bond donors (Lipinski definition) is 2. The average Bonchev–Trinajstić information content (AvgIpc) is 2.91. The number of aryl methyl sites for hydroxylation is 2. The van der Waals surface area contributed by atoms with E-state index in [9.17, 15) is 0 Å². The first-order valence-electron chi connectivity index (χ1n) is 13.5. The Labute approximate surface area is 211 Å². The summed E-state index contributed by atoms with van der Waals surface area (Å²) in [6, 6.07) is 23.3. The first-order chi connectivity index (χ1) is 17.1. The Balaban J connectivity index is 1.33. The molecule has 0 amide bonds. The number of rotatable bonds is 10. The predicted molar refractivity (Wildman–Crippen MR) is 147 cm³/mol. The first kappa shape index (κ1) is 25.4. The molecule has 1 atom stereocenters. The Morgan fingerprint density at radius 2 is 1.49 bits per heavy atom. The monoisotopic (exact) mass is 472 g/mol. The van der Waals surface area contributed by atoms with Gasteiger partial charge in [0.15, 0.2) is 0 Å². The summed E-state index contributed by atoms with van der Waals surface area (Å²) in [5.41, 5.74) is 12.8. The molecular weight excluding hydrogens is 431 g/mol. The zero-order valence-corrected chi connectivity index (χ0v) is 21.4. The van der Waals surface area contributed by atoms with Gasteiger partial charge in [-0.3, -0.25) is 0 Å². The van der Waals surface area contributed by atoms with Crippen molar-refractivity contribution < 1.29 is 4.39 Å². The van der Waals surface area contributed by atoms with Crippen LogP contribution in [0.25, 0.3) is 11.1 Å². The SMILES string of the molecule is CCCNc1ccc(CCc2ccc(-c3ccc(C4CCC(C(N)CC)CC4)cc3F)cc2)cc1. The van der Waals surface area contributed by atoms with Gasteiger partial charge in [-0.15, -0.1) is 0 Å². The van der Waals surface area contributed by atoms with Crippen molar-refractivity contribution in [3.63, 3.8) is 0 Å². The molecule has 1 fully saturated rings. The molecule has 0 aromatic heterocycles. The molecule has 1 saturated carbocycles. The van der Waals surface area contributed by atoms with E-state index in [-0.39, 0.29) is 5.82 Å². The van der Waals surface area contributed by atoms with E-state index in [1.807, 2.05) is 6.07 Å². The Hall–Kier alpha value is -2.65. The standard InChI is InChI=1S/C32H41FN2/c1-3-21-35-29-18-9-24(10-19-29)6-5-23-7-11-26(12-8-23)30-20-17-28(22-31(30)33)25-13-15-27(16-14-25)32(34)4-2/h7-12,17-20,22,25,27,32,35H,3-6,13-16,21,34H2,1-2H3. The third kappa shape index (κ3) is 6.73. The zero-order chi connectivity index (χ0) is 24.6. The average molecular weight is 473 g/mol. The molecule has 3 aromatic rings. The lowest BCUT2D eigenvalue weighted by Gasteiger charge is -2.32. The molecule has 1 aliphatic carbocycles. The lowest BCUT2D eigenvalue weighted by molar-refractivity contribution is 0.277. The molecule has 3 N–H and O–H groups in total. The highest BCUT2D eigenvalue weighted by Crippen LogP contribution is 2.38. The van der Waals surface area contributed by atoms with Crippen molar-refractivity contribution in [1.29, 1.82) is 0 Å². The summed E-state index contributed by atoms with van der Waals surface area (Å²) in [4.78, 5) is 0. The summed E-state index contributed by atoms with van der Waals surface area (Å²) in [5.74, 6) is 0.971. The fraction of sp³-hybridized carbons (Fsp3) is 0.438. The maximum atomic E-state index is 15.1. The molecule has 35 heavy (non-hydrogen) atoms. The van der Waals surface area contributed by atoms with Crippen LogP contribution in [0.1, 0.15) is 75.0 Å². The van der Waals surface area contributed by atoms with Crippen molar-refractivity contribution in [2.75, 3.05) is 11.9 Å². The van der Waals surface area contributed by atoms with Crippen LogP contribution in [0, 0.1) is 11.7 Å². The van der Waals surface area contributed by atoms with Gasteiger partial charge in [0.1, 0.15) is 5.82 Å². The van der Waals surface area contributed by atoms with Crippen LogP contribution >= 0.6 is 0 Å². The fourth-order valence-electron chi connectivity index (χ4n) is 5.43. The Bertz CT molecular complexity index is 1050. The largest absolute Gasteiger partial charge is 0.385 e. The number of nitrogens with one attached hydrogen (secondary N) is 1. The van der Waals surface area contributed by atoms with Crippen LogP contribution in [0.4, 0.5) is 10.1 Å². The van der Waals surface area contributed by atoms with Gasteiger partial charge in [-0.05, 0) is 104 Å². The molecule has 0 aliphatic heterocycles. The second-order valence-corrected chi connectivity index (χ2v) is 10.2. The summed E-state index contributed by atoms with van der Waals surface area (Å²) in [6.45, 7) is 5.35. The van der Waals surface area contributed by atoms with Crippen LogP contribution in [0.2, 0.25) is 0 Å². The molecule has 0 radical (unpaired) electrons. The molecule has 0 heterocycles. The maximum Gasteiger partial charge on any atom is 0.131 e. The molecule has 186 valence electrons. The van der Waals surface area contributed by atoms with Crippen molar-refractivity contribution >= 4 is 5.69 Å². The summed E-state index contributed by atoms with van der Waals surface area (Å²) in [5, 5.41) is 3.42. The van der Waals surface area contributed by atoms with Gasteiger partial charge >= 0.3 is 0 Å². The molecule has 1 unspecified atom stereocenters. The van der Waals surface area contributed by atoms with E-state index in [2.05, 4.69) is 73.8 Å². The van der Waals surface area contributed by atoms with Gasteiger partial charge in [0.2, 0.25) is 0 Å². The molecular formula is C32H41FN2. The van der Waals surface area contributed by atoms with Gasteiger partial charge in [0.25, 0.3) is 0 Å². The van der Waals surface area contributed by atoms with Crippen molar-refractivity contribution in [2.45, 2.75) is 77.2 Å². The summed E-state index contributed by atoms with van der Waals surface area (Å²) >= 11 is 0. The van der Waals surface area contributed by atoms with E-state index < -0.39 is 0 Å². The zero-order valence-electron chi connectivity index (χ0n) is 21.4. The van der Waals surface area contributed by atoms with Crippen LogP contribution in [-0.2, 0) is 12.8 Å². The van der Waals surface area contributed by atoms with E-state index in [1.54, 1.807) is 6.07 Å². The summed E-state index contributed by atoms with van der Waals surface area (Å²) in [7, 11) is 0. The number of halogens is 1. The van der Waals surface area contributed by atoms with E-state index in [1.165, 1.54) is 16.8 Å². The molecule has 0 spiro atoms. The molecule has 2 nitrogen and oxygen atoms in total. The molecule has 4 rings (SSSR count). The third-order valence-corrected chi connectivity index (χ3v) is 7.81. The minimum atomic E-state index is -0.112. The van der Waals surface area contributed by atoms with Crippen LogP contribution in [-0.4, -0.2) is 12.6 Å². The number of nitrogens with two attached hydrogens (primary N) is 1. The van der Waals surface area contributed by atoms with E-state index in [4.69, 9.17) is 5.73 Å². The number of benzene rings is 3. The highest BCUT2D eigenvalue weighted by molar-refractivity contribution is 5.65. The quantitative estimate of drug-likeness (QED) is 0.313. The fourth-order valence-corrected chi connectivity index (χ4v) is 5.43. The normalized spacial score (nSPS) is 18.9. The number of hydrogen-bond acceptors (Lipinski definition) is 2. The smallest absolute Gasteiger partial charge is 0.131 e. The Morgan fingerprint density at radius 3 is 2.06 bits per heavy atom. The van der Waals surface area contributed by atoms with Crippen molar-refractivity contribution in [3.8, 4) is 11.1 Å². The molecule has 1 aliphatic rings. The molecule has 0 bridgehead atoms. The van der Waals surface area contributed by atoms with Crippen LogP contribution in [0.3, 0.4) is 0 Å². The van der Waals surface area contributed by atoms with E-state index in [0.29, 0.717) is 23.4 Å². The van der Waals surface area contributed by atoms with Crippen molar-refractivity contribution in [1.82, 2.24) is 0 Å². The van der Waals surface area contributed by atoms with Crippen LogP contribution in [0.15, 0.2) is 66.7 Å². The molecule has 3 heteroatoms. The second-order valence-electron chi connectivity index (χ2n) is 10.2. The second kappa shape index (κ2) is 12.4. The first-order valence-corrected chi connectivity index (χ1v) is 13.5. The van der Waals surface area contributed by atoms with Gasteiger partial charge < -0.3 is 11.1 Å². The van der Waals surface area contributed by atoms with Gasteiger partial charge in [-0.2, -0.15) is 0 Å². The minimum absolute atomic E-state index is 0.112. The van der Waals surface area contributed by atoms with Gasteiger partial charge in [-0.25, -0.2) is 4.39 Å². The van der Waals surface area contributed by atoms with Gasteiger partial charge in [0.05, 0.1) is 0 Å². The minimum Gasteiger partial charge on any atom is -0.385 e. The van der Waals surface area contributed by atoms with Gasteiger partial charge in [-0.1, -0.05) is 62.4 Å². The van der Waals surface area contributed by atoms with E-state index in [0.717, 1.165) is 69.0 Å². The van der Waals surface area contributed by atoms with Gasteiger partial charge in [0, 0.05) is 23.8 Å². The maximum absolute atomic E-state index is 15.1.